The second-order valence-corrected chi connectivity index (χ2v) is 24.1. The quantitative estimate of drug-likeness (QED) is 0.106. The fraction of sp³-hybridized carbons (Fsp3) is 0.655. The zero-order valence-corrected chi connectivity index (χ0v) is 27.8. The third-order valence-corrected chi connectivity index (χ3v) is 18.2. The summed E-state index contributed by atoms with van der Waals surface area (Å²) in [5.74, 6) is 2.57. The van der Waals surface area contributed by atoms with Gasteiger partial charge in [-0.2, -0.15) is 8.42 Å². The molecule has 0 heterocycles. The van der Waals surface area contributed by atoms with Gasteiger partial charge in [-0.1, -0.05) is 65.3 Å². The van der Waals surface area contributed by atoms with Gasteiger partial charge >= 0.3 is 0 Å². The number of hydrogen-bond acceptors (Lipinski definition) is 5. The summed E-state index contributed by atoms with van der Waals surface area (Å²) in [6.45, 7) is 27.9. The molecule has 0 saturated heterocycles. The molecule has 210 valence electrons. The molecule has 37 heavy (non-hydrogen) atoms. The van der Waals surface area contributed by atoms with E-state index < -0.39 is 26.8 Å². The van der Waals surface area contributed by atoms with Gasteiger partial charge in [-0.3, -0.25) is 4.18 Å². The minimum atomic E-state index is -3.89. The van der Waals surface area contributed by atoms with Crippen LogP contribution in [0.1, 0.15) is 59.9 Å². The Morgan fingerprint density at radius 3 is 1.89 bits per heavy atom. The molecular weight excluding hydrogens is 517 g/mol. The SMILES string of the molecule is C#CC[C@@H](O[Si](C)(C)C(C)(C)C)[C@H](CCOS(=O)(=O)c1ccc(C)cc1)[C@@H](C=C)O[Si](C)(C)C(C)(C)C. The van der Waals surface area contributed by atoms with Crippen LogP contribution in [0.3, 0.4) is 0 Å². The highest BCUT2D eigenvalue weighted by Gasteiger charge is 2.44. The molecule has 1 aromatic rings. The van der Waals surface area contributed by atoms with Gasteiger partial charge in [0.1, 0.15) is 0 Å². The van der Waals surface area contributed by atoms with Crippen molar-refractivity contribution in [2.75, 3.05) is 6.61 Å². The summed E-state index contributed by atoms with van der Waals surface area (Å²) >= 11 is 0. The first-order valence-corrected chi connectivity index (χ1v) is 20.3. The van der Waals surface area contributed by atoms with Crippen molar-refractivity contribution < 1.29 is 21.5 Å². The number of aryl methyl sites for hydroxylation is 1. The minimum Gasteiger partial charge on any atom is -0.413 e. The van der Waals surface area contributed by atoms with Gasteiger partial charge in [0.2, 0.25) is 0 Å². The summed E-state index contributed by atoms with van der Waals surface area (Å²) in [6, 6.07) is 6.65. The van der Waals surface area contributed by atoms with Crippen molar-refractivity contribution >= 4 is 26.8 Å². The van der Waals surface area contributed by atoms with Crippen molar-refractivity contribution in [3.8, 4) is 12.3 Å². The van der Waals surface area contributed by atoms with Crippen LogP contribution in [-0.4, -0.2) is 43.9 Å². The predicted octanol–water partition coefficient (Wildman–Crippen LogP) is 7.70. The van der Waals surface area contributed by atoms with Gasteiger partial charge in [-0.05, 0) is 61.7 Å². The number of rotatable bonds is 13. The van der Waals surface area contributed by atoms with E-state index in [1.807, 2.05) is 13.0 Å². The van der Waals surface area contributed by atoms with Crippen LogP contribution < -0.4 is 0 Å². The number of hydrogen-bond donors (Lipinski definition) is 0. The first-order valence-electron chi connectivity index (χ1n) is 13.1. The maximum absolute atomic E-state index is 12.9. The van der Waals surface area contributed by atoms with Crippen molar-refractivity contribution in [1.29, 1.82) is 0 Å². The van der Waals surface area contributed by atoms with Crippen molar-refractivity contribution in [1.82, 2.24) is 0 Å². The molecule has 0 spiro atoms. The van der Waals surface area contributed by atoms with E-state index in [2.05, 4.69) is 80.2 Å². The molecule has 8 heteroatoms. The van der Waals surface area contributed by atoms with E-state index in [4.69, 9.17) is 19.5 Å². The van der Waals surface area contributed by atoms with E-state index in [1.54, 1.807) is 24.3 Å². The van der Waals surface area contributed by atoms with Gasteiger partial charge in [-0.15, -0.1) is 18.9 Å². The lowest BCUT2D eigenvalue weighted by Crippen LogP contribution is -2.51. The normalized spacial score (nSPS) is 16.1. The van der Waals surface area contributed by atoms with Crippen LogP contribution in [0.4, 0.5) is 0 Å². The van der Waals surface area contributed by atoms with Crippen LogP contribution in [0, 0.1) is 25.2 Å². The molecule has 0 aromatic heterocycles. The average Bonchev–Trinajstić information content (AvgIpc) is 2.73. The van der Waals surface area contributed by atoms with Gasteiger partial charge in [0.05, 0.1) is 23.7 Å². The van der Waals surface area contributed by atoms with Crippen LogP contribution in [0.25, 0.3) is 0 Å². The molecule has 0 amide bonds. The maximum atomic E-state index is 12.9. The summed E-state index contributed by atoms with van der Waals surface area (Å²) in [4.78, 5) is 0.144. The first-order chi connectivity index (χ1) is 16.7. The topological polar surface area (TPSA) is 61.8 Å². The highest BCUT2D eigenvalue weighted by Crippen LogP contribution is 2.42. The van der Waals surface area contributed by atoms with E-state index in [0.29, 0.717) is 12.8 Å². The molecule has 1 aromatic carbocycles. The summed E-state index contributed by atoms with van der Waals surface area (Å²) < 4.78 is 44.9. The van der Waals surface area contributed by atoms with Crippen LogP contribution in [0.5, 0.6) is 0 Å². The van der Waals surface area contributed by atoms with Crippen LogP contribution >= 0.6 is 0 Å². The molecular formula is C29H50O5SSi2. The molecule has 0 radical (unpaired) electrons. The fourth-order valence-electron chi connectivity index (χ4n) is 3.41. The highest BCUT2D eigenvalue weighted by atomic mass is 32.2. The Morgan fingerprint density at radius 2 is 1.46 bits per heavy atom. The van der Waals surface area contributed by atoms with E-state index in [9.17, 15) is 8.42 Å². The zero-order chi connectivity index (χ0) is 28.9. The Morgan fingerprint density at radius 1 is 0.973 bits per heavy atom. The van der Waals surface area contributed by atoms with Gasteiger partial charge in [0, 0.05) is 12.3 Å². The molecule has 5 nitrogen and oxygen atoms in total. The lowest BCUT2D eigenvalue weighted by molar-refractivity contribution is 0.0383. The van der Waals surface area contributed by atoms with Gasteiger partial charge in [0.15, 0.2) is 16.6 Å². The summed E-state index contributed by atoms with van der Waals surface area (Å²) in [5.41, 5.74) is 0.982. The summed E-state index contributed by atoms with van der Waals surface area (Å²) in [5, 5.41) is -0.0222. The molecule has 3 atom stereocenters. The van der Waals surface area contributed by atoms with Crippen molar-refractivity contribution in [2.24, 2.45) is 5.92 Å². The van der Waals surface area contributed by atoms with E-state index in [-0.39, 0.29) is 39.7 Å². The highest BCUT2D eigenvalue weighted by molar-refractivity contribution is 7.86. The van der Waals surface area contributed by atoms with Crippen LogP contribution in [0.2, 0.25) is 36.3 Å². The van der Waals surface area contributed by atoms with Crippen LogP contribution in [-0.2, 0) is 23.2 Å². The number of benzene rings is 1. The molecule has 0 N–H and O–H groups in total. The summed E-state index contributed by atoms with van der Waals surface area (Å²) in [7, 11) is -8.26. The molecule has 0 aliphatic carbocycles. The fourth-order valence-corrected chi connectivity index (χ4v) is 7.00. The third-order valence-electron chi connectivity index (χ3n) is 7.94. The van der Waals surface area contributed by atoms with Crippen molar-refractivity contribution in [3.05, 3.63) is 42.5 Å². The predicted molar refractivity (Wildman–Crippen MR) is 160 cm³/mol. The molecule has 0 fully saturated rings. The zero-order valence-electron chi connectivity index (χ0n) is 25.0. The molecule has 0 unspecified atom stereocenters. The molecule has 0 aliphatic rings. The Labute approximate surface area is 229 Å². The Balaban J connectivity index is 3.34. The van der Waals surface area contributed by atoms with Crippen molar-refractivity contribution in [3.63, 3.8) is 0 Å². The standard InChI is InChI=1S/C29H50O5SSi2/c1-14-16-27(34-37(12,13)29(7,8)9)25(26(15-2)33-36(10,11)28(4,5)6)21-22-32-35(30,31)24-19-17-23(3)18-20-24/h1,15,17-20,25-27H,2,16,21-22H2,3-13H3/t25-,26-,27-/m1/s1. The summed E-state index contributed by atoms with van der Waals surface area (Å²) in [6.07, 6.45) is 7.77. The molecule has 0 saturated carbocycles. The second-order valence-electron chi connectivity index (χ2n) is 12.9. The van der Waals surface area contributed by atoms with Gasteiger partial charge in [-0.25, -0.2) is 0 Å². The Hall–Kier alpha value is -1.22. The van der Waals surface area contributed by atoms with Crippen molar-refractivity contribution in [2.45, 2.75) is 115 Å². The van der Waals surface area contributed by atoms with E-state index in [1.165, 1.54) is 0 Å². The maximum Gasteiger partial charge on any atom is 0.296 e. The third kappa shape index (κ3) is 9.48. The first kappa shape index (κ1) is 33.8. The lowest BCUT2D eigenvalue weighted by Gasteiger charge is -2.45. The van der Waals surface area contributed by atoms with E-state index >= 15 is 0 Å². The van der Waals surface area contributed by atoms with E-state index in [0.717, 1.165) is 5.56 Å². The average molecular weight is 567 g/mol. The van der Waals surface area contributed by atoms with Crippen LogP contribution in [0.15, 0.2) is 41.8 Å². The Bertz CT molecular complexity index is 1030. The lowest BCUT2D eigenvalue weighted by atomic mass is 9.91. The second kappa shape index (κ2) is 12.8. The Kier molecular flexibility index (Phi) is 11.7. The number of terminal acetylenes is 1. The monoisotopic (exact) mass is 566 g/mol. The molecule has 1 rings (SSSR count). The van der Waals surface area contributed by atoms with Gasteiger partial charge in [0.25, 0.3) is 10.1 Å². The molecule has 0 bridgehead atoms. The molecule has 0 aliphatic heterocycles. The smallest absolute Gasteiger partial charge is 0.296 e. The minimum absolute atomic E-state index is 0.00594. The largest absolute Gasteiger partial charge is 0.413 e. The van der Waals surface area contributed by atoms with Gasteiger partial charge < -0.3 is 8.85 Å².